The van der Waals surface area contributed by atoms with Gasteiger partial charge in [0.15, 0.2) is 5.78 Å². The van der Waals surface area contributed by atoms with Gasteiger partial charge in [-0.15, -0.1) is 44.6 Å². The number of esters is 2. The molecule has 0 aromatic carbocycles. The van der Waals surface area contributed by atoms with Crippen molar-refractivity contribution in [1.82, 2.24) is 15.0 Å². The zero-order chi connectivity index (χ0) is 32.3. The van der Waals surface area contributed by atoms with Crippen molar-refractivity contribution in [3.05, 3.63) is 89.3 Å². The zero-order valence-corrected chi connectivity index (χ0v) is 28.8. The third-order valence-electron chi connectivity index (χ3n) is 9.57. The molecule has 0 amide bonds. The number of methoxy groups -OCH3 is 2. The number of allylic oxidation sites excluding steroid dienone is 1. The van der Waals surface area contributed by atoms with Gasteiger partial charge in [0.05, 0.1) is 14.2 Å². The van der Waals surface area contributed by atoms with Crippen LogP contribution in [0, 0.1) is 32.6 Å². The zero-order valence-electron chi connectivity index (χ0n) is 27.4. The Hall–Kier alpha value is -4.02. The minimum atomic E-state index is -1.21. The van der Waals surface area contributed by atoms with Crippen LogP contribution in [-0.4, -0.2) is 61.0 Å². The number of hydrogen-bond acceptors (Lipinski definition) is 5. The summed E-state index contributed by atoms with van der Waals surface area (Å²) >= 11 is 0. The van der Waals surface area contributed by atoms with E-state index in [2.05, 4.69) is 20.4 Å². The molecule has 1 aliphatic carbocycles. The molecular weight excluding hydrogens is 593 g/mol. The number of carbonyl (C=O) groups is 3. The Bertz CT molecular complexity index is 2090. The molecule has 0 N–H and O–H groups in total. The molecule has 3 aromatic heterocycles. The van der Waals surface area contributed by atoms with Crippen LogP contribution < -0.4 is 36.3 Å². The molecular formula is C36H36MgN4O5-2. The Kier molecular flexibility index (Phi) is 9.16. The first-order valence-electron chi connectivity index (χ1n) is 15.2. The smallest absolute Gasteiger partial charge is 0.678 e. The van der Waals surface area contributed by atoms with Gasteiger partial charge in [0, 0.05) is 12.0 Å². The van der Waals surface area contributed by atoms with E-state index in [0.717, 1.165) is 56.3 Å². The van der Waals surface area contributed by atoms with Crippen molar-refractivity contribution in [3.63, 3.8) is 0 Å². The van der Waals surface area contributed by atoms with Gasteiger partial charge in [-0.25, -0.2) is 0 Å². The first kappa shape index (κ1) is 33.3. The minimum Gasteiger partial charge on any atom is -0.678 e. The van der Waals surface area contributed by atoms with Crippen molar-refractivity contribution >= 4 is 70.7 Å². The van der Waals surface area contributed by atoms with Crippen molar-refractivity contribution in [2.75, 3.05) is 14.2 Å². The van der Waals surface area contributed by atoms with Crippen LogP contribution in [0.4, 0.5) is 0 Å². The summed E-state index contributed by atoms with van der Waals surface area (Å²) in [5.41, 5.74) is 8.49. The third kappa shape index (κ3) is 5.11. The standard InChI is InChI=1S/C36H37N4O5.Mg/c1-9-20-16(3)23-13-25-18(5)22(11-12-29(41)44-7)33(39-25)31-32(36(43)45-8)35(42)30-19(6)26(40-34(30)31)15-28-21(10-2)17(4)24(38-28)14-27(20)37-23;/h9,13-15,18,25,32H,1,10-12H2,2-8H3,(H-,37,38,42);/q-3;+2/p-1/b23-13-;/t18-,25?,32+;/m0./s1. The fourth-order valence-corrected chi connectivity index (χ4v) is 6.97. The monoisotopic (exact) mass is 628 g/mol. The summed E-state index contributed by atoms with van der Waals surface area (Å²) in [4.78, 5) is 54.6. The van der Waals surface area contributed by atoms with E-state index < -0.39 is 11.9 Å². The van der Waals surface area contributed by atoms with E-state index in [0.29, 0.717) is 39.5 Å². The van der Waals surface area contributed by atoms with Gasteiger partial charge in [-0.3, -0.25) is 14.4 Å². The summed E-state index contributed by atoms with van der Waals surface area (Å²) in [5, 5.41) is 7.74. The van der Waals surface area contributed by atoms with Crippen LogP contribution in [0.15, 0.2) is 17.8 Å². The normalized spacial score (nSPS) is 21.7. The van der Waals surface area contributed by atoms with E-state index in [1.54, 1.807) is 0 Å². The van der Waals surface area contributed by atoms with Crippen molar-refractivity contribution in [2.45, 2.75) is 59.9 Å². The summed E-state index contributed by atoms with van der Waals surface area (Å²) in [5.74, 6) is -2.75. The van der Waals surface area contributed by atoms with Gasteiger partial charge >= 0.3 is 35.0 Å². The molecule has 0 spiro atoms. The van der Waals surface area contributed by atoms with Crippen LogP contribution in [0.3, 0.4) is 0 Å². The van der Waals surface area contributed by atoms with Crippen LogP contribution in [0.25, 0.3) is 35.2 Å². The number of ketones is 1. The molecule has 3 aromatic rings. The third-order valence-corrected chi connectivity index (χ3v) is 9.57. The summed E-state index contributed by atoms with van der Waals surface area (Å²) < 4.78 is 10.1. The maximum atomic E-state index is 14.0. The molecule has 1 unspecified atom stereocenters. The van der Waals surface area contributed by atoms with Gasteiger partial charge in [-0.1, -0.05) is 78.1 Å². The summed E-state index contributed by atoms with van der Waals surface area (Å²) in [6, 6.07) is -0.371. The van der Waals surface area contributed by atoms with Gasteiger partial charge in [-0.05, 0) is 45.1 Å². The first-order chi connectivity index (χ1) is 21.5. The van der Waals surface area contributed by atoms with Crippen molar-refractivity contribution in [2.24, 2.45) is 11.8 Å². The Morgan fingerprint density at radius 3 is 2.33 bits per heavy atom. The molecule has 8 bridgehead atoms. The van der Waals surface area contributed by atoms with Crippen molar-refractivity contribution < 1.29 is 23.9 Å². The van der Waals surface area contributed by atoms with Crippen LogP contribution in [0.5, 0.6) is 0 Å². The SMILES string of the molecule is C=Cc1c(C)/c2[n-]/c1=C\c1[n-]c(c(CC)c1C)/C=c1\[n-]c3c(c1C)C(=O)[C@H](C(=O)OC)C=3C1=C(CCC(=O)OC)[C@H](C)C(\C=2)[N-]1.[Mg+2]. The van der Waals surface area contributed by atoms with E-state index in [1.807, 2.05) is 45.1 Å². The Morgan fingerprint density at radius 2 is 1.67 bits per heavy atom. The number of nitrogens with zero attached hydrogens (tertiary/aromatic N) is 4. The van der Waals surface area contributed by atoms with E-state index in [9.17, 15) is 14.4 Å². The quantitative estimate of drug-likeness (QED) is 0.228. The Balaban J connectivity index is 0.00000417. The molecule has 46 heavy (non-hydrogen) atoms. The molecule has 0 saturated heterocycles. The predicted molar refractivity (Wildman–Crippen MR) is 177 cm³/mol. The largest absolute Gasteiger partial charge is 2.00 e. The Morgan fingerprint density at radius 1 is 0.957 bits per heavy atom. The van der Waals surface area contributed by atoms with E-state index in [4.69, 9.17) is 29.7 Å². The van der Waals surface area contributed by atoms with Gasteiger partial charge in [0.2, 0.25) is 0 Å². The van der Waals surface area contributed by atoms with Crippen LogP contribution in [-0.2, 0) is 25.5 Å². The minimum absolute atomic E-state index is 0. The molecule has 0 fully saturated rings. The fraction of sp³-hybridized carbons (Fsp3) is 0.361. The predicted octanol–water partition coefficient (Wildman–Crippen LogP) is 1.50. The second-order valence-corrected chi connectivity index (χ2v) is 11.9. The number of hydrogen-bond donors (Lipinski definition) is 0. The summed E-state index contributed by atoms with van der Waals surface area (Å²) in [6.07, 6.45) is 8.98. The number of fused-ring (bicyclic) bond motifs is 8. The molecule has 10 heteroatoms. The van der Waals surface area contributed by atoms with Crippen LogP contribution in [0.1, 0.15) is 76.3 Å². The molecule has 3 aliphatic rings. The summed E-state index contributed by atoms with van der Waals surface area (Å²) in [7, 11) is 2.63. The van der Waals surface area contributed by atoms with Gasteiger partial charge in [0.25, 0.3) is 0 Å². The van der Waals surface area contributed by atoms with E-state index in [-0.39, 0.29) is 53.2 Å². The van der Waals surface area contributed by atoms with Gasteiger partial charge in [-0.2, -0.15) is 0 Å². The molecule has 9 nitrogen and oxygen atoms in total. The number of Topliss-reactive ketones (excluding diaryl/α,β-unsaturated/α-hetero) is 1. The molecule has 2 aliphatic heterocycles. The van der Waals surface area contributed by atoms with Crippen molar-refractivity contribution in [3.8, 4) is 0 Å². The number of ether oxygens (including phenoxy) is 2. The molecule has 3 atom stereocenters. The van der Waals surface area contributed by atoms with Gasteiger partial charge < -0.3 is 29.7 Å². The number of aromatic nitrogens is 3. The van der Waals surface area contributed by atoms with Crippen LogP contribution in [0.2, 0.25) is 0 Å². The Labute approximate surface area is 283 Å². The fourth-order valence-electron chi connectivity index (χ4n) is 6.97. The number of rotatable bonds is 6. The second kappa shape index (κ2) is 12.6. The molecule has 234 valence electrons. The second-order valence-electron chi connectivity index (χ2n) is 11.9. The van der Waals surface area contributed by atoms with Crippen molar-refractivity contribution in [1.29, 1.82) is 0 Å². The number of carbonyl (C=O) groups excluding carboxylic acids is 3. The van der Waals surface area contributed by atoms with E-state index in [1.165, 1.54) is 14.2 Å². The first-order valence-corrected chi connectivity index (χ1v) is 15.2. The molecule has 6 rings (SSSR count). The van der Waals surface area contributed by atoms with Gasteiger partial charge in [0.1, 0.15) is 5.92 Å². The average Bonchev–Trinajstić information content (AvgIpc) is 3.76. The summed E-state index contributed by atoms with van der Waals surface area (Å²) in [6.45, 7) is 14.1. The molecule has 0 saturated carbocycles. The maximum Gasteiger partial charge on any atom is 2.00 e. The van der Waals surface area contributed by atoms with E-state index >= 15 is 0 Å². The maximum absolute atomic E-state index is 14.0. The molecule has 0 radical (unpaired) electrons. The average molecular weight is 629 g/mol. The topological polar surface area (TPSA) is 126 Å². The van der Waals surface area contributed by atoms with Crippen LogP contribution >= 0.6 is 0 Å². The molecule has 5 heterocycles.